The van der Waals surface area contributed by atoms with Crippen molar-refractivity contribution in [3.8, 4) is 17.0 Å². The van der Waals surface area contributed by atoms with E-state index in [9.17, 15) is 8.78 Å². The third-order valence-electron chi connectivity index (χ3n) is 8.15. The molecule has 4 aliphatic rings. The SMILES string of the molecule is Nc1ncc(-c2cc(C3[C@H]4C[C@@H](N5CCOCC5)C[C@@H]34)n(C3CCCC3)n2)cc1OC(F)F. The largest absolute Gasteiger partial charge is 0.431 e. The molecular weight excluding hydrogens is 428 g/mol. The Morgan fingerprint density at radius 2 is 1.79 bits per heavy atom. The van der Waals surface area contributed by atoms with Crippen molar-refractivity contribution in [2.24, 2.45) is 11.8 Å². The summed E-state index contributed by atoms with van der Waals surface area (Å²) in [6.45, 7) is 0.846. The quantitative estimate of drug-likeness (QED) is 0.702. The zero-order chi connectivity index (χ0) is 22.5. The van der Waals surface area contributed by atoms with Crippen LogP contribution in [0.4, 0.5) is 14.6 Å². The van der Waals surface area contributed by atoms with Crippen LogP contribution in [0.3, 0.4) is 0 Å². The molecule has 33 heavy (non-hydrogen) atoms. The maximum atomic E-state index is 12.8. The van der Waals surface area contributed by atoms with Gasteiger partial charge in [0.2, 0.25) is 0 Å². The van der Waals surface area contributed by atoms with Crippen molar-refractivity contribution in [3.05, 3.63) is 24.0 Å². The van der Waals surface area contributed by atoms with Gasteiger partial charge >= 0.3 is 6.61 Å². The van der Waals surface area contributed by atoms with Crippen molar-refractivity contribution in [1.82, 2.24) is 19.7 Å². The molecule has 1 unspecified atom stereocenters. The topological polar surface area (TPSA) is 78.4 Å². The number of nitrogens with zero attached hydrogens (tertiary/aromatic N) is 4. The molecule has 1 saturated heterocycles. The van der Waals surface area contributed by atoms with Gasteiger partial charge in [0, 0.05) is 42.5 Å². The fraction of sp³-hybridized carbons (Fsp3) is 0.667. The second-order valence-corrected chi connectivity index (χ2v) is 9.95. The van der Waals surface area contributed by atoms with Crippen LogP contribution in [0.25, 0.3) is 11.3 Å². The van der Waals surface area contributed by atoms with Gasteiger partial charge < -0.3 is 15.2 Å². The fourth-order valence-electron chi connectivity index (χ4n) is 6.52. The molecule has 0 radical (unpaired) electrons. The number of morpholine rings is 1. The first kappa shape index (κ1) is 21.3. The molecule has 3 saturated carbocycles. The molecular formula is C24H31F2N5O2. The molecule has 4 atom stereocenters. The molecule has 3 aliphatic carbocycles. The van der Waals surface area contributed by atoms with Crippen molar-refractivity contribution >= 4 is 5.82 Å². The predicted octanol–water partition coefficient (Wildman–Crippen LogP) is 4.07. The maximum absolute atomic E-state index is 12.8. The molecule has 2 N–H and O–H groups in total. The summed E-state index contributed by atoms with van der Waals surface area (Å²) in [5.41, 5.74) is 8.47. The summed E-state index contributed by atoms with van der Waals surface area (Å²) in [5, 5.41) is 4.98. The van der Waals surface area contributed by atoms with Crippen molar-refractivity contribution in [1.29, 1.82) is 0 Å². The zero-order valence-electron chi connectivity index (χ0n) is 18.7. The van der Waals surface area contributed by atoms with Gasteiger partial charge in [0.05, 0.1) is 24.9 Å². The molecule has 1 aliphatic heterocycles. The molecule has 9 heteroatoms. The van der Waals surface area contributed by atoms with E-state index in [1.54, 1.807) is 6.20 Å². The Bertz CT molecular complexity index is 991. The van der Waals surface area contributed by atoms with Crippen molar-refractivity contribution in [2.75, 3.05) is 32.0 Å². The summed E-state index contributed by atoms with van der Waals surface area (Å²) in [4.78, 5) is 6.69. The van der Waals surface area contributed by atoms with Gasteiger partial charge in [0.25, 0.3) is 0 Å². The lowest BCUT2D eigenvalue weighted by molar-refractivity contribution is -0.0494. The number of ether oxygens (including phenoxy) is 2. The monoisotopic (exact) mass is 459 g/mol. The van der Waals surface area contributed by atoms with Crippen molar-refractivity contribution in [2.45, 2.75) is 63.1 Å². The van der Waals surface area contributed by atoms with E-state index in [4.69, 9.17) is 15.6 Å². The Morgan fingerprint density at radius 1 is 1.06 bits per heavy atom. The Morgan fingerprint density at radius 3 is 2.48 bits per heavy atom. The fourth-order valence-corrected chi connectivity index (χ4v) is 6.52. The number of pyridine rings is 1. The van der Waals surface area contributed by atoms with E-state index in [0.29, 0.717) is 35.4 Å². The number of nitrogen functional groups attached to an aromatic ring is 1. The molecule has 6 rings (SSSR count). The molecule has 3 heterocycles. The predicted molar refractivity (Wildman–Crippen MR) is 119 cm³/mol. The molecule has 0 spiro atoms. The van der Waals surface area contributed by atoms with E-state index in [1.165, 1.54) is 37.4 Å². The number of nitrogens with two attached hydrogens (primary N) is 1. The highest BCUT2D eigenvalue weighted by Crippen LogP contribution is 2.64. The summed E-state index contributed by atoms with van der Waals surface area (Å²) in [7, 11) is 0. The lowest BCUT2D eigenvalue weighted by Crippen LogP contribution is -2.43. The van der Waals surface area contributed by atoms with Gasteiger partial charge in [-0.15, -0.1) is 0 Å². The minimum atomic E-state index is -2.94. The van der Waals surface area contributed by atoms with Crippen LogP contribution in [0.2, 0.25) is 0 Å². The second kappa shape index (κ2) is 8.51. The van der Waals surface area contributed by atoms with Gasteiger partial charge in [0.15, 0.2) is 11.6 Å². The summed E-state index contributed by atoms with van der Waals surface area (Å²) in [6.07, 6.45) is 8.84. The first-order chi connectivity index (χ1) is 16.1. The smallest absolute Gasteiger partial charge is 0.387 e. The molecule has 0 amide bonds. The molecule has 7 nitrogen and oxygen atoms in total. The van der Waals surface area contributed by atoms with Crippen LogP contribution in [0.5, 0.6) is 5.75 Å². The number of hydrogen-bond acceptors (Lipinski definition) is 6. The second-order valence-electron chi connectivity index (χ2n) is 9.95. The average molecular weight is 460 g/mol. The third-order valence-corrected chi connectivity index (χ3v) is 8.15. The number of fused-ring (bicyclic) bond motifs is 1. The highest BCUT2D eigenvalue weighted by Gasteiger charge is 2.58. The lowest BCUT2D eigenvalue weighted by atomic mass is 10.0. The number of anilines is 1. The van der Waals surface area contributed by atoms with Crippen LogP contribution in [0.1, 0.15) is 56.2 Å². The third kappa shape index (κ3) is 3.99. The van der Waals surface area contributed by atoms with E-state index < -0.39 is 6.61 Å². The first-order valence-corrected chi connectivity index (χ1v) is 12.2. The van der Waals surface area contributed by atoms with Crippen LogP contribution in [-0.2, 0) is 4.74 Å². The van der Waals surface area contributed by atoms with Crippen molar-refractivity contribution in [3.63, 3.8) is 0 Å². The van der Waals surface area contributed by atoms with Gasteiger partial charge in [-0.2, -0.15) is 13.9 Å². The Hall–Kier alpha value is -2.26. The normalized spacial score (nSPS) is 30.2. The van der Waals surface area contributed by atoms with Crippen LogP contribution in [0, 0.1) is 11.8 Å². The molecule has 4 fully saturated rings. The van der Waals surface area contributed by atoms with Gasteiger partial charge in [-0.1, -0.05) is 12.8 Å². The Balaban J connectivity index is 1.26. The molecule has 178 valence electrons. The van der Waals surface area contributed by atoms with Gasteiger partial charge in [-0.05, 0) is 49.7 Å². The minimum Gasteiger partial charge on any atom is -0.431 e. The molecule has 2 aromatic heterocycles. The number of aromatic nitrogens is 3. The molecule has 0 aromatic carbocycles. The maximum Gasteiger partial charge on any atom is 0.387 e. The van der Waals surface area contributed by atoms with E-state index in [0.717, 1.165) is 44.8 Å². The summed E-state index contributed by atoms with van der Waals surface area (Å²) < 4.78 is 37.9. The zero-order valence-corrected chi connectivity index (χ0v) is 18.7. The average Bonchev–Trinajstić information content (AvgIpc) is 3.32. The van der Waals surface area contributed by atoms with Gasteiger partial charge in [0.1, 0.15) is 0 Å². The van der Waals surface area contributed by atoms with E-state index >= 15 is 0 Å². The van der Waals surface area contributed by atoms with Crippen LogP contribution < -0.4 is 10.5 Å². The number of halogens is 2. The van der Waals surface area contributed by atoms with Crippen LogP contribution in [0.15, 0.2) is 18.3 Å². The summed E-state index contributed by atoms with van der Waals surface area (Å²) >= 11 is 0. The highest BCUT2D eigenvalue weighted by atomic mass is 19.3. The summed E-state index contributed by atoms with van der Waals surface area (Å²) in [5.74, 6) is 1.83. The van der Waals surface area contributed by atoms with E-state index in [2.05, 4.69) is 25.4 Å². The molecule has 2 aromatic rings. The lowest BCUT2D eigenvalue weighted by Gasteiger charge is -2.33. The molecule has 0 bridgehead atoms. The Kier molecular flexibility index (Phi) is 5.49. The van der Waals surface area contributed by atoms with Crippen LogP contribution in [-0.4, -0.2) is 58.6 Å². The number of rotatable bonds is 6. The van der Waals surface area contributed by atoms with Gasteiger partial charge in [-0.3, -0.25) is 9.58 Å². The minimum absolute atomic E-state index is 0.0413. The van der Waals surface area contributed by atoms with Gasteiger partial charge in [-0.25, -0.2) is 4.98 Å². The highest BCUT2D eigenvalue weighted by molar-refractivity contribution is 5.64. The Labute approximate surface area is 192 Å². The number of hydrogen-bond donors (Lipinski definition) is 1. The standard InChI is InChI=1S/C24H31F2N5O2/c25-24(26)33-21-9-14(13-28-23(21)27)19-12-20(31(29-19)15-3-1-2-4-15)22-17-10-16(11-18(17)22)30-5-7-32-8-6-30/h9,12-13,15-18,22,24H,1-8,10-11H2,(H2,27,28)/t16-,17+,18-,22?. The first-order valence-electron chi connectivity index (χ1n) is 12.2. The van der Waals surface area contributed by atoms with Crippen molar-refractivity contribution < 1.29 is 18.3 Å². The summed E-state index contributed by atoms with van der Waals surface area (Å²) in [6, 6.07) is 4.79. The van der Waals surface area contributed by atoms with E-state index in [-0.39, 0.29) is 11.6 Å². The number of alkyl halides is 2. The van der Waals surface area contributed by atoms with E-state index in [1.807, 2.05) is 0 Å². The van der Waals surface area contributed by atoms with Crippen LogP contribution >= 0.6 is 0 Å².